The molecule has 20 nitrogen and oxygen atoms in total. The van der Waals surface area contributed by atoms with Gasteiger partial charge in [-0.1, -0.05) is 18.2 Å². The van der Waals surface area contributed by atoms with Crippen LogP contribution in [0.3, 0.4) is 0 Å². The minimum atomic E-state index is -1.25. The van der Waals surface area contributed by atoms with E-state index < -0.39 is 73.4 Å². The second-order valence-corrected chi connectivity index (χ2v) is 12.3. The van der Waals surface area contributed by atoms with Crippen molar-refractivity contribution in [3.05, 3.63) is 54.2 Å². The highest BCUT2D eigenvalue weighted by molar-refractivity contribution is 5.88. The van der Waals surface area contributed by atoms with Crippen molar-refractivity contribution in [2.24, 2.45) is 0 Å². The number of carbonyl (C=O) groups is 7. The third-order valence-corrected chi connectivity index (χ3v) is 8.28. The van der Waals surface area contributed by atoms with Gasteiger partial charge in [-0.05, 0) is 11.6 Å². The standard InChI is InChI=1S/C34H46N8O12/c1-53-33(51)26(13-22-15-36-25-6-4-3-5-24(22)25)38-28(43)17-40(8-7-30(45)46)9-10-41(19-31(47)48)11-12-42(20-32(49)50)18-29(44)39-27(34(52)54-2)14-23-16-35-21-37-23/h3-6,15-16,21,26-27,36H,7-14,17-20H2,1-2H3,(H,35,37)(H,38,43)(H,39,44)(H,45,46)(H,47,48)(H,49,50)/t26-,27-/m0/s1. The number of fused-ring (bicyclic) bond motifs is 1. The van der Waals surface area contributed by atoms with E-state index >= 15 is 0 Å². The number of aliphatic carboxylic acids is 3. The number of carboxylic acids is 3. The molecule has 0 spiro atoms. The average molecular weight is 759 g/mol. The summed E-state index contributed by atoms with van der Waals surface area (Å²) >= 11 is 0. The fourth-order valence-corrected chi connectivity index (χ4v) is 5.65. The monoisotopic (exact) mass is 758 g/mol. The Kier molecular flexibility index (Phi) is 17.0. The van der Waals surface area contributed by atoms with Crippen LogP contribution in [0.5, 0.6) is 0 Å². The summed E-state index contributed by atoms with van der Waals surface area (Å²) in [5.41, 5.74) is 2.15. The van der Waals surface area contributed by atoms with Crippen molar-refractivity contribution in [1.82, 2.24) is 40.3 Å². The average Bonchev–Trinajstić information content (AvgIpc) is 3.79. The fraction of sp³-hybridized carbons (Fsp3) is 0.471. The number of imidazole rings is 1. The quantitative estimate of drug-likeness (QED) is 0.0487. The number of nitrogens with one attached hydrogen (secondary N) is 4. The Morgan fingerprint density at radius 3 is 1.80 bits per heavy atom. The molecule has 2 aromatic heterocycles. The second-order valence-electron chi connectivity index (χ2n) is 12.3. The first-order valence-corrected chi connectivity index (χ1v) is 16.9. The Morgan fingerprint density at radius 2 is 1.24 bits per heavy atom. The minimum absolute atomic E-state index is 0.0106. The summed E-state index contributed by atoms with van der Waals surface area (Å²) in [6, 6.07) is 5.28. The molecule has 0 aliphatic rings. The van der Waals surface area contributed by atoms with Crippen molar-refractivity contribution in [2.45, 2.75) is 31.3 Å². The van der Waals surface area contributed by atoms with Crippen LogP contribution in [0.25, 0.3) is 10.9 Å². The highest BCUT2D eigenvalue weighted by Crippen LogP contribution is 2.19. The summed E-state index contributed by atoms with van der Waals surface area (Å²) in [5.74, 6) is -6.28. The second kappa shape index (κ2) is 21.6. The number of amides is 2. The molecule has 0 saturated carbocycles. The fourth-order valence-electron chi connectivity index (χ4n) is 5.65. The van der Waals surface area contributed by atoms with Crippen molar-refractivity contribution in [2.75, 3.05) is 73.1 Å². The zero-order valence-corrected chi connectivity index (χ0v) is 30.0. The van der Waals surface area contributed by atoms with E-state index in [0.717, 1.165) is 23.6 Å². The van der Waals surface area contributed by atoms with Crippen molar-refractivity contribution in [3.63, 3.8) is 0 Å². The number of para-hydroxylation sites is 1. The van der Waals surface area contributed by atoms with Gasteiger partial charge in [-0.2, -0.15) is 0 Å². The molecule has 7 N–H and O–H groups in total. The first-order valence-electron chi connectivity index (χ1n) is 16.9. The van der Waals surface area contributed by atoms with Gasteiger partial charge >= 0.3 is 29.8 Å². The van der Waals surface area contributed by atoms with Crippen LogP contribution in [0.4, 0.5) is 0 Å². The molecular weight excluding hydrogens is 712 g/mol. The Balaban J connectivity index is 1.65. The molecule has 0 aliphatic carbocycles. The first-order chi connectivity index (χ1) is 25.8. The van der Waals surface area contributed by atoms with Gasteiger partial charge in [-0.15, -0.1) is 0 Å². The molecule has 54 heavy (non-hydrogen) atoms. The summed E-state index contributed by atoms with van der Waals surface area (Å²) in [7, 11) is 2.35. The molecular formula is C34H46N8O12. The van der Waals surface area contributed by atoms with Crippen molar-refractivity contribution in [3.8, 4) is 0 Å². The van der Waals surface area contributed by atoms with Crippen LogP contribution in [-0.4, -0.2) is 172 Å². The molecule has 0 fully saturated rings. The van der Waals surface area contributed by atoms with Gasteiger partial charge in [0.25, 0.3) is 0 Å². The Labute approximate surface area is 309 Å². The smallest absolute Gasteiger partial charge is 0.328 e. The molecule has 1 aromatic carbocycles. The number of rotatable bonds is 25. The third kappa shape index (κ3) is 14.6. The van der Waals surface area contributed by atoms with Gasteiger partial charge in [-0.3, -0.25) is 38.7 Å². The number of aromatic amines is 2. The number of esters is 2. The lowest BCUT2D eigenvalue weighted by molar-refractivity contribution is -0.145. The molecule has 0 aliphatic heterocycles. The predicted molar refractivity (Wildman–Crippen MR) is 189 cm³/mol. The lowest BCUT2D eigenvalue weighted by Gasteiger charge is -2.29. The van der Waals surface area contributed by atoms with E-state index in [1.165, 1.54) is 34.3 Å². The third-order valence-electron chi connectivity index (χ3n) is 8.28. The summed E-state index contributed by atoms with van der Waals surface area (Å²) in [6.07, 6.45) is 4.41. The van der Waals surface area contributed by atoms with E-state index in [4.69, 9.17) is 9.47 Å². The molecule has 20 heteroatoms. The van der Waals surface area contributed by atoms with Gasteiger partial charge in [-0.25, -0.2) is 14.6 Å². The molecule has 3 rings (SSSR count). The molecule has 3 aromatic rings. The van der Waals surface area contributed by atoms with Crippen molar-refractivity contribution < 1.29 is 58.4 Å². The Morgan fingerprint density at radius 1 is 0.704 bits per heavy atom. The largest absolute Gasteiger partial charge is 0.481 e. The summed E-state index contributed by atoms with van der Waals surface area (Å²) in [4.78, 5) is 100.0. The molecule has 0 saturated heterocycles. The van der Waals surface area contributed by atoms with E-state index in [1.54, 1.807) is 6.20 Å². The molecule has 2 amide bonds. The van der Waals surface area contributed by atoms with Crippen molar-refractivity contribution in [1.29, 1.82) is 0 Å². The lowest BCUT2D eigenvalue weighted by atomic mass is 10.0. The summed E-state index contributed by atoms with van der Waals surface area (Å²) < 4.78 is 9.69. The minimum Gasteiger partial charge on any atom is -0.481 e. The van der Waals surface area contributed by atoms with Gasteiger partial charge in [0.15, 0.2) is 0 Å². The molecule has 0 radical (unpaired) electrons. The SMILES string of the molecule is COC(=O)[C@H](Cc1cnc[nH]1)NC(=O)CN(CCN(CCN(CCC(=O)O)CC(=O)N[C@@H](Cc1c[nH]c2ccccc12)C(=O)OC)CC(=O)O)CC(=O)O. The summed E-state index contributed by atoms with van der Waals surface area (Å²) in [6.45, 7) is -2.02. The van der Waals surface area contributed by atoms with E-state index in [-0.39, 0.29) is 58.5 Å². The van der Waals surface area contributed by atoms with Crippen molar-refractivity contribution >= 4 is 52.6 Å². The number of carbonyl (C=O) groups excluding carboxylic acids is 4. The topological polar surface area (TPSA) is 277 Å². The normalized spacial score (nSPS) is 12.4. The maximum absolute atomic E-state index is 13.2. The highest BCUT2D eigenvalue weighted by atomic mass is 16.5. The Bertz CT molecular complexity index is 1730. The molecule has 2 heterocycles. The zero-order valence-electron chi connectivity index (χ0n) is 30.0. The number of aromatic nitrogens is 3. The lowest BCUT2D eigenvalue weighted by Crippen LogP contribution is -2.50. The highest BCUT2D eigenvalue weighted by Gasteiger charge is 2.27. The maximum Gasteiger partial charge on any atom is 0.328 e. The van der Waals surface area contributed by atoms with Gasteiger partial charge in [0.1, 0.15) is 12.1 Å². The van der Waals surface area contributed by atoms with Gasteiger partial charge in [0.2, 0.25) is 11.8 Å². The van der Waals surface area contributed by atoms with Crippen LogP contribution in [0.2, 0.25) is 0 Å². The van der Waals surface area contributed by atoms with E-state index in [9.17, 15) is 48.9 Å². The zero-order chi connectivity index (χ0) is 39.6. The van der Waals surface area contributed by atoms with Gasteiger partial charge in [0, 0.05) is 74.6 Å². The molecule has 0 unspecified atom stereocenters. The predicted octanol–water partition coefficient (Wildman–Crippen LogP) is -1.46. The molecule has 0 bridgehead atoms. The van der Waals surface area contributed by atoms with E-state index in [0.29, 0.717) is 5.69 Å². The van der Waals surface area contributed by atoms with Crippen LogP contribution >= 0.6 is 0 Å². The van der Waals surface area contributed by atoms with Crippen LogP contribution in [0.15, 0.2) is 43.0 Å². The number of ether oxygens (including phenoxy) is 2. The Hall–Kier alpha value is -5.86. The number of nitrogens with zero attached hydrogens (tertiary/aromatic N) is 4. The number of carboxylic acid groups (broad SMARTS) is 3. The maximum atomic E-state index is 13.2. The van der Waals surface area contributed by atoms with Crippen LogP contribution in [0.1, 0.15) is 17.7 Å². The van der Waals surface area contributed by atoms with Crippen LogP contribution in [-0.2, 0) is 55.9 Å². The van der Waals surface area contributed by atoms with E-state index in [2.05, 4.69) is 25.6 Å². The van der Waals surface area contributed by atoms with E-state index in [1.807, 2.05) is 24.3 Å². The van der Waals surface area contributed by atoms with Crippen LogP contribution < -0.4 is 10.6 Å². The molecule has 294 valence electrons. The summed E-state index contributed by atoms with van der Waals surface area (Å²) in [5, 5.41) is 34.5. The van der Waals surface area contributed by atoms with Gasteiger partial charge < -0.3 is 45.4 Å². The van der Waals surface area contributed by atoms with Crippen LogP contribution in [0, 0.1) is 0 Å². The number of hydrogen-bond donors (Lipinski definition) is 7. The number of benzene rings is 1. The first kappa shape index (κ1) is 42.6. The number of H-pyrrole nitrogens is 2. The van der Waals surface area contributed by atoms with Gasteiger partial charge in [0.05, 0.1) is 53.1 Å². The molecule has 2 atom stereocenters. The number of hydrogen-bond acceptors (Lipinski definition) is 13. The number of methoxy groups -OCH3 is 2.